The molecule has 0 bridgehead atoms. The molecule has 0 atom stereocenters. The molecule has 1 aliphatic heterocycles. The zero-order valence-electron chi connectivity index (χ0n) is 12.3. The van der Waals surface area contributed by atoms with Crippen molar-refractivity contribution in [3.8, 4) is 0 Å². The van der Waals surface area contributed by atoms with Crippen molar-refractivity contribution >= 4 is 17.7 Å². The first kappa shape index (κ1) is 14.8. The fraction of sp³-hybridized carbons (Fsp3) is 0.786. The summed E-state index contributed by atoms with van der Waals surface area (Å²) in [6.45, 7) is 3.08. The minimum Gasteiger partial charge on any atom is -0.465 e. The maximum atomic E-state index is 12.0. The zero-order valence-corrected chi connectivity index (χ0v) is 12.3. The lowest BCUT2D eigenvalue weighted by molar-refractivity contribution is -0.130. The second-order valence-electron chi connectivity index (χ2n) is 6.30. The lowest BCUT2D eigenvalue weighted by atomic mass is 9.75. The number of amides is 2. The van der Waals surface area contributed by atoms with Gasteiger partial charge < -0.3 is 10.0 Å². The van der Waals surface area contributed by atoms with Crippen LogP contribution >= 0.6 is 0 Å². The minimum atomic E-state index is -1.00. The monoisotopic (exact) mass is 281 g/mol. The number of carbonyl (C=O) groups is 2. The Morgan fingerprint density at radius 2 is 2.05 bits per heavy atom. The van der Waals surface area contributed by atoms with Gasteiger partial charge in [-0.15, -0.1) is 0 Å². The van der Waals surface area contributed by atoms with E-state index in [1.807, 2.05) is 0 Å². The number of hydrogen-bond donors (Lipinski definition) is 1. The molecule has 2 aliphatic rings. The molecule has 1 saturated carbocycles. The van der Waals surface area contributed by atoms with Crippen LogP contribution in [-0.2, 0) is 4.79 Å². The molecule has 0 unspecified atom stereocenters. The van der Waals surface area contributed by atoms with E-state index in [9.17, 15) is 9.59 Å². The molecule has 20 heavy (non-hydrogen) atoms. The third-order valence-corrected chi connectivity index (χ3v) is 4.24. The summed E-state index contributed by atoms with van der Waals surface area (Å²) in [5.74, 6) is -0.00872. The molecule has 6 heteroatoms. The van der Waals surface area contributed by atoms with E-state index in [1.54, 1.807) is 5.01 Å². The Balaban J connectivity index is 1.96. The van der Waals surface area contributed by atoms with E-state index in [4.69, 9.17) is 5.11 Å². The van der Waals surface area contributed by atoms with E-state index in [1.165, 1.54) is 26.3 Å². The van der Waals surface area contributed by atoms with E-state index in [2.05, 4.69) is 12.0 Å². The molecule has 1 aliphatic carbocycles. The van der Waals surface area contributed by atoms with E-state index in [-0.39, 0.29) is 24.3 Å². The van der Waals surface area contributed by atoms with Crippen LogP contribution in [0.4, 0.5) is 4.79 Å². The van der Waals surface area contributed by atoms with Crippen LogP contribution in [0.5, 0.6) is 0 Å². The van der Waals surface area contributed by atoms with Crippen LogP contribution in [0.1, 0.15) is 45.4 Å². The molecule has 1 heterocycles. The van der Waals surface area contributed by atoms with Crippen LogP contribution in [0.15, 0.2) is 5.10 Å². The Hall–Kier alpha value is -1.59. The van der Waals surface area contributed by atoms with Crippen LogP contribution in [0.3, 0.4) is 0 Å². The molecule has 0 saturated heterocycles. The van der Waals surface area contributed by atoms with Crippen LogP contribution in [0.25, 0.3) is 0 Å². The third kappa shape index (κ3) is 3.49. The summed E-state index contributed by atoms with van der Waals surface area (Å²) in [5.41, 5.74) is 0.797. The van der Waals surface area contributed by atoms with Crippen molar-refractivity contribution in [1.29, 1.82) is 0 Å². The lowest BCUT2D eigenvalue weighted by Gasteiger charge is -2.35. The predicted octanol–water partition coefficient (Wildman–Crippen LogP) is 2.15. The van der Waals surface area contributed by atoms with Gasteiger partial charge in [-0.2, -0.15) is 5.10 Å². The second kappa shape index (κ2) is 5.81. The number of hydrogen-bond acceptors (Lipinski definition) is 3. The van der Waals surface area contributed by atoms with Gasteiger partial charge in [0.05, 0.1) is 18.7 Å². The van der Waals surface area contributed by atoms with Crippen LogP contribution in [0.2, 0.25) is 0 Å². The first-order valence-electron chi connectivity index (χ1n) is 7.20. The van der Waals surface area contributed by atoms with Crippen molar-refractivity contribution < 1.29 is 14.7 Å². The van der Waals surface area contributed by atoms with E-state index < -0.39 is 6.09 Å². The topological polar surface area (TPSA) is 73.2 Å². The van der Waals surface area contributed by atoms with E-state index in [0.29, 0.717) is 12.3 Å². The van der Waals surface area contributed by atoms with Crippen molar-refractivity contribution in [1.82, 2.24) is 9.91 Å². The van der Waals surface area contributed by atoms with Crippen molar-refractivity contribution in [2.24, 2.45) is 10.5 Å². The van der Waals surface area contributed by atoms with Gasteiger partial charge >= 0.3 is 6.09 Å². The highest BCUT2D eigenvalue weighted by atomic mass is 16.4. The summed E-state index contributed by atoms with van der Waals surface area (Å²) in [6.07, 6.45) is 5.23. The van der Waals surface area contributed by atoms with Crippen LogP contribution < -0.4 is 0 Å². The predicted molar refractivity (Wildman–Crippen MR) is 75.6 cm³/mol. The molecule has 0 radical (unpaired) electrons. The Kier molecular flexibility index (Phi) is 4.30. The van der Waals surface area contributed by atoms with Crippen LogP contribution in [0, 0.1) is 5.41 Å². The Morgan fingerprint density at radius 3 is 2.65 bits per heavy atom. The summed E-state index contributed by atoms with van der Waals surface area (Å²) < 4.78 is 0. The van der Waals surface area contributed by atoms with Gasteiger partial charge in [0.1, 0.15) is 0 Å². The summed E-state index contributed by atoms with van der Waals surface area (Å²) in [4.78, 5) is 23.9. The number of nitrogens with zero attached hydrogens (tertiary/aromatic N) is 3. The highest BCUT2D eigenvalue weighted by molar-refractivity contribution is 6.06. The van der Waals surface area contributed by atoms with E-state index in [0.717, 1.165) is 17.7 Å². The standard InChI is InChI=1S/C14H23N3O3/c1-14(6-4-3-5-7-14)10-17-12(18)8-11(15-17)9-16(2)13(19)20/h3-10H2,1-2H3,(H,19,20). The molecule has 112 valence electrons. The average Bonchev–Trinajstić information content (AvgIpc) is 2.69. The van der Waals surface area contributed by atoms with Gasteiger partial charge in [-0.1, -0.05) is 26.2 Å². The van der Waals surface area contributed by atoms with Gasteiger partial charge in [-0.25, -0.2) is 9.80 Å². The molecule has 0 spiro atoms. The van der Waals surface area contributed by atoms with Crippen molar-refractivity contribution in [3.05, 3.63) is 0 Å². The molecule has 1 N–H and O–H groups in total. The Bertz CT molecular complexity index is 427. The molecular formula is C14H23N3O3. The van der Waals surface area contributed by atoms with E-state index >= 15 is 0 Å². The molecular weight excluding hydrogens is 258 g/mol. The number of hydrazone groups is 1. The largest absolute Gasteiger partial charge is 0.465 e. The Morgan fingerprint density at radius 1 is 1.40 bits per heavy atom. The number of carboxylic acid groups (broad SMARTS) is 1. The summed E-state index contributed by atoms with van der Waals surface area (Å²) in [5, 5.41) is 14.7. The molecule has 0 aromatic carbocycles. The lowest BCUT2D eigenvalue weighted by Crippen LogP contribution is -2.35. The molecule has 6 nitrogen and oxygen atoms in total. The van der Waals surface area contributed by atoms with Crippen LogP contribution in [-0.4, -0.2) is 52.9 Å². The molecule has 0 aromatic rings. The highest BCUT2D eigenvalue weighted by Crippen LogP contribution is 2.37. The second-order valence-corrected chi connectivity index (χ2v) is 6.30. The molecule has 2 amide bonds. The summed E-state index contributed by atoms with van der Waals surface area (Å²) >= 11 is 0. The van der Waals surface area contributed by atoms with Gasteiger partial charge in [-0.05, 0) is 18.3 Å². The minimum absolute atomic E-state index is 0.00872. The number of rotatable bonds is 4. The summed E-state index contributed by atoms with van der Waals surface area (Å²) in [6, 6.07) is 0. The normalized spacial score (nSPS) is 21.8. The smallest absolute Gasteiger partial charge is 0.407 e. The third-order valence-electron chi connectivity index (χ3n) is 4.24. The first-order chi connectivity index (χ1) is 9.39. The zero-order chi connectivity index (χ0) is 14.8. The van der Waals surface area contributed by atoms with Gasteiger partial charge in [0.15, 0.2) is 0 Å². The van der Waals surface area contributed by atoms with Gasteiger partial charge in [0.25, 0.3) is 0 Å². The van der Waals surface area contributed by atoms with Crippen molar-refractivity contribution in [2.45, 2.75) is 45.4 Å². The van der Waals surface area contributed by atoms with Gasteiger partial charge in [0.2, 0.25) is 5.91 Å². The van der Waals surface area contributed by atoms with Gasteiger partial charge in [-0.3, -0.25) is 4.79 Å². The quantitative estimate of drug-likeness (QED) is 0.858. The SMILES string of the molecule is CN(CC1=NN(CC2(C)CCCCC2)C(=O)C1)C(=O)O. The van der Waals surface area contributed by atoms with Gasteiger partial charge in [0, 0.05) is 13.6 Å². The van der Waals surface area contributed by atoms with Crippen molar-refractivity contribution in [2.75, 3.05) is 20.1 Å². The fourth-order valence-corrected chi connectivity index (χ4v) is 3.01. The number of carbonyl (C=O) groups excluding carboxylic acids is 1. The Labute approximate surface area is 119 Å². The first-order valence-corrected chi connectivity index (χ1v) is 7.20. The fourth-order valence-electron chi connectivity index (χ4n) is 3.01. The molecule has 2 rings (SSSR count). The maximum Gasteiger partial charge on any atom is 0.407 e. The molecule has 1 fully saturated rings. The molecule has 0 aromatic heterocycles. The van der Waals surface area contributed by atoms with Crippen molar-refractivity contribution in [3.63, 3.8) is 0 Å². The average molecular weight is 281 g/mol. The maximum absolute atomic E-state index is 12.0. The summed E-state index contributed by atoms with van der Waals surface area (Å²) in [7, 11) is 1.49. The highest BCUT2D eigenvalue weighted by Gasteiger charge is 2.34.